The SMILES string of the molecule is Cn1ccc(N2CCCC(NC(=O)NCc3nc(C4CC4)cs3)C2=O)n1. The molecule has 0 bridgehead atoms. The number of hydrogen-bond acceptors (Lipinski definition) is 5. The van der Waals surface area contributed by atoms with Gasteiger partial charge in [-0.3, -0.25) is 14.4 Å². The molecule has 2 aliphatic rings. The van der Waals surface area contributed by atoms with Crippen LogP contribution in [0.5, 0.6) is 0 Å². The third kappa shape index (κ3) is 3.72. The van der Waals surface area contributed by atoms with Gasteiger partial charge in [-0.05, 0) is 25.7 Å². The number of amides is 3. The van der Waals surface area contributed by atoms with E-state index in [4.69, 9.17) is 0 Å². The average Bonchev–Trinajstić information content (AvgIpc) is 3.21. The number of carbonyl (C=O) groups is 2. The predicted octanol–water partition coefficient (Wildman–Crippen LogP) is 1.75. The molecule has 1 saturated carbocycles. The Morgan fingerprint density at radius 3 is 2.96 bits per heavy atom. The highest BCUT2D eigenvalue weighted by molar-refractivity contribution is 7.09. The minimum Gasteiger partial charge on any atom is -0.332 e. The lowest BCUT2D eigenvalue weighted by atomic mass is 10.1. The zero-order valence-corrected chi connectivity index (χ0v) is 15.5. The number of piperidine rings is 1. The number of aryl methyl sites for hydroxylation is 1. The van der Waals surface area contributed by atoms with Gasteiger partial charge in [0.15, 0.2) is 5.82 Å². The van der Waals surface area contributed by atoms with Crippen LogP contribution in [0.4, 0.5) is 10.6 Å². The van der Waals surface area contributed by atoms with Gasteiger partial charge >= 0.3 is 6.03 Å². The predicted molar refractivity (Wildman–Crippen MR) is 98.0 cm³/mol. The van der Waals surface area contributed by atoms with E-state index in [-0.39, 0.29) is 11.9 Å². The molecule has 0 spiro atoms. The molecule has 3 heterocycles. The molecule has 1 aliphatic carbocycles. The summed E-state index contributed by atoms with van der Waals surface area (Å²) in [4.78, 5) is 31.0. The highest BCUT2D eigenvalue weighted by Gasteiger charge is 2.32. The van der Waals surface area contributed by atoms with Gasteiger partial charge in [0.05, 0.1) is 12.2 Å². The van der Waals surface area contributed by atoms with Crippen molar-refractivity contribution in [3.63, 3.8) is 0 Å². The van der Waals surface area contributed by atoms with Gasteiger partial charge in [-0.25, -0.2) is 9.78 Å². The van der Waals surface area contributed by atoms with Crippen molar-refractivity contribution in [3.8, 4) is 0 Å². The molecule has 2 aromatic rings. The molecule has 8 nitrogen and oxygen atoms in total. The second kappa shape index (κ2) is 7.06. The number of carbonyl (C=O) groups excluding carboxylic acids is 2. The lowest BCUT2D eigenvalue weighted by Gasteiger charge is -2.31. The van der Waals surface area contributed by atoms with Crippen molar-refractivity contribution in [1.82, 2.24) is 25.4 Å². The minimum atomic E-state index is -0.524. The Bertz CT molecular complexity index is 812. The van der Waals surface area contributed by atoms with E-state index < -0.39 is 6.04 Å². The first-order chi connectivity index (χ1) is 12.6. The van der Waals surface area contributed by atoms with Gasteiger partial charge in [0.1, 0.15) is 11.0 Å². The fourth-order valence-electron chi connectivity index (χ4n) is 3.12. The van der Waals surface area contributed by atoms with Crippen LogP contribution in [0.15, 0.2) is 17.6 Å². The quantitative estimate of drug-likeness (QED) is 0.834. The fourth-order valence-corrected chi connectivity index (χ4v) is 3.94. The fraction of sp³-hybridized carbons (Fsp3) is 0.529. The van der Waals surface area contributed by atoms with Crippen LogP contribution in [-0.4, -0.2) is 39.3 Å². The van der Waals surface area contributed by atoms with Crippen LogP contribution in [0.3, 0.4) is 0 Å². The molecule has 2 N–H and O–H groups in total. The Morgan fingerprint density at radius 1 is 1.38 bits per heavy atom. The summed E-state index contributed by atoms with van der Waals surface area (Å²) in [5.41, 5.74) is 1.14. The molecule has 2 fully saturated rings. The van der Waals surface area contributed by atoms with E-state index in [0.29, 0.717) is 31.2 Å². The summed E-state index contributed by atoms with van der Waals surface area (Å²) in [5, 5.41) is 12.8. The molecule has 138 valence electrons. The third-order valence-corrected chi connectivity index (χ3v) is 5.55. The molecule has 0 aromatic carbocycles. The maximum Gasteiger partial charge on any atom is 0.315 e. The number of rotatable bonds is 5. The molecule has 4 rings (SSSR count). The van der Waals surface area contributed by atoms with Crippen LogP contribution in [0.25, 0.3) is 0 Å². The van der Waals surface area contributed by atoms with Crippen LogP contribution in [0, 0.1) is 0 Å². The lowest BCUT2D eigenvalue weighted by Crippen LogP contribution is -2.54. The van der Waals surface area contributed by atoms with Crippen molar-refractivity contribution in [2.45, 2.75) is 44.2 Å². The van der Waals surface area contributed by atoms with E-state index in [2.05, 4.69) is 26.1 Å². The molecule has 1 atom stereocenters. The molecule has 9 heteroatoms. The number of nitrogens with one attached hydrogen (secondary N) is 2. The number of thiazole rings is 1. The van der Waals surface area contributed by atoms with Crippen molar-refractivity contribution >= 4 is 29.1 Å². The Hall–Kier alpha value is -2.42. The summed E-state index contributed by atoms with van der Waals surface area (Å²) in [6.45, 7) is 1.01. The number of anilines is 1. The first kappa shape index (κ1) is 17.0. The number of hydrogen-bond donors (Lipinski definition) is 2. The molecule has 3 amide bonds. The van der Waals surface area contributed by atoms with E-state index in [1.807, 2.05) is 7.05 Å². The highest BCUT2D eigenvalue weighted by Crippen LogP contribution is 2.40. The summed E-state index contributed by atoms with van der Waals surface area (Å²) in [5.74, 6) is 1.13. The second-order valence-electron chi connectivity index (χ2n) is 6.80. The van der Waals surface area contributed by atoms with Crippen molar-refractivity contribution in [1.29, 1.82) is 0 Å². The van der Waals surface area contributed by atoms with Gasteiger partial charge in [0, 0.05) is 37.2 Å². The van der Waals surface area contributed by atoms with Gasteiger partial charge in [0.2, 0.25) is 0 Å². The molecule has 0 radical (unpaired) electrons. The van der Waals surface area contributed by atoms with Crippen molar-refractivity contribution in [3.05, 3.63) is 28.3 Å². The van der Waals surface area contributed by atoms with Crippen LogP contribution in [0.2, 0.25) is 0 Å². The summed E-state index contributed by atoms with van der Waals surface area (Å²) in [7, 11) is 1.81. The summed E-state index contributed by atoms with van der Waals surface area (Å²) in [6, 6.07) is 0.943. The van der Waals surface area contributed by atoms with E-state index >= 15 is 0 Å². The minimum absolute atomic E-state index is 0.115. The smallest absolute Gasteiger partial charge is 0.315 e. The number of urea groups is 1. The number of aromatic nitrogens is 3. The first-order valence-corrected chi connectivity index (χ1v) is 9.78. The molecular formula is C17H22N6O2S. The van der Waals surface area contributed by atoms with Crippen molar-refractivity contribution in [2.24, 2.45) is 7.05 Å². The monoisotopic (exact) mass is 374 g/mol. The summed E-state index contributed by atoms with van der Waals surface area (Å²) < 4.78 is 1.66. The topological polar surface area (TPSA) is 92.1 Å². The van der Waals surface area contributed by atoms with Crippen LogP contribution >= 0.6 is 11.3 Å². The zero-order chi connectivity index (χ0) is 18.1. The molecule has 1 aliphatic heterocycles. The Morgan fingerprint density at radius 2 is 2.23 bits per heavy atom. The Balaban J connectivity index is 1.30. The normalized spacial score (nSPS) is 20.3. The summed E-state index contributed by atoms with van der Waals surface area (Å²) in [6.07, 6.45) is 5.70. The Kier molecular flexibility index (Phi) is 4.62. The third-order valence-electron chi connectivity index (χ3n) is 4.69. The largest absolute Gasteiger partial charge is 0.332 e. The second-order valence-corrected chi connectivity index (χ2v) is 7.74. The maximum absolute atomic E-state index is 12.7. The van der Waals surface area contributed by atoms with E-state index in [1.54, 1.807) is 33.2 Å². The number of nitrogens with zero attached hydrogens (tertiary/aromatic N) is 4. The van der Waals surface area contributed by atoms with Crippen LogP contribution < -0.4 is 15.5 Å². The van der Waals surface area contributed by atoms with Gasteiger partial charge in [-0.15, -0.1) is 11.3 Å². The molecular weight excluding hydrogens is 352 g/mol. The zero-order valence-electron chi connectivity index (χ0n) is 14.6. The van der Waals surface area contributed by atoms with Gasteiger partial charge in [-0.2, -0.15) is 5.10 Å². The van der Waals surface area contributed by atoms with E-state index in [1.165, 1.54) is 12.8 Å². The van der Waals surface area contributed by atoms with Gasteiger partial charge in [-0.1, -0.05) is 0 Å². The average molecular weight is 374 g/mol. The standard InChI is InChI=1S/C17H22N6O2S/c1-22-8-6-14(21-22)23-7-2-3-12(16(23)24)20-17(25)18-9-15-19-13(10-26-15)11-4-5-11/h6,8,10-12H,2-5,7,9H2,1H3,(H2,18,20,25). The molecule has 2 aromatic heterocycles. The van der Waals surface area contributed by atoms with Gasteiger partial charge < -0.3 is 10.6 Å². The van der Waals surface area contributed by atoms with E-state index in [0.717, 1.165) is 17.1 Å². The maximum atomic E-state index is 12.7. The van der Waals surface area contributed by atoms with Crippen LogP contribution in [0.1, 0.15) is 42.3 Å². The van der Waals surface area contributed by atoms with Crippen LogP contribution in [-0.2, 0) is 18.4 Å². The van der Waals surface area contributed by atoms with E-state index in [9.17, 15) is 9.59 Å². The molecule has 1 unspecified atom stereocenters. The first-order valence-electron chi connectivity index (χ1n) is 8.90. The summed E-state index contributed by atoms with van der Waals surface area (Å²) >= 11 is 1.57. The van der Waals surface area contributed by atoms with Crippen molar-refractivity contribution in [2.75, 3.05) is 11.4 Å². The van der Waals surface area contributed by atoms with Gasteiger partial charge in [0.25, 0.3) is 5.91 Å². The highest BCUT2D eigenvalue weighted by atomic mass is 32.1. The molecule has 1 saturated heterocycles. The Labute approximate surface area is 155 Å². The molecule has 26 heavy (non-hydrogen) atoms. The van der Waals surface area contributed by atoms with Crippen molar-refractivity contribution < 1.29 is 9.59 Å². The lowest BCUT2D eigenvalue weighted by molar-refractivity contribution is -0.121.